The maximum atomic E-state index is 10.7. The SMILES string of the molecule is CCC(C)c1cccc(OC(C)=O)c1. The van der Waals surface area contributed by atoms with Crippen molar-refractivity contribution in [3.63, 3.8) is 0 Å². The molecule has 0 fully saturated rings. The van der Waals surface area contributed by atoms with Crippen LogP contribution in [0.3, 0.4) is 0 Å². The van der Waals surface area contributed by atoms with Gasteiger partial charge in [-0.25, -0.2) is 0 Å². The van der Waals surface area contributed by atoms with E-state index < -0.39 is 0 Å². The minimum atomic E-state index is -0.272. The van der Waals surface area contributed by atoms with E-state index in [1.807, 2.05) is 12.1 Å². The number of ether oxygens (including phenoxy) is 1. The fourth-order valence-corrected chi connectivity index (χ4v) is 1.29. The van der Waals surface area contributed by atoms with E-state index in [4.69, 9.17) is 4.74 Å². The maximum absolute atomic E-state index is 10.7. The van der Waals surface area contributed by atoms with E-state index in [2.05, 4.69) is 19.9 Å². The summed E-state index contributed by atoms with van der Waals surface area (Å²) in [5, 5.41) is 0. The number of carbonyl (C=O) groups excluding carboxylic acids is 1. The van der Waals surface area contributed by atoms with Crippen LogP contribution < -0.4 is 4.74 Å². The lowest BCUT2D eigenvalue weighted by Gasteiger charge is -2.10. The van der Waals surface area contributed by atoms with Crippen molar-refractivity contribution in [1.82, 2.24) is 0 Å². The molecule has 0 amide bonds. The molecule has 0 heterocycles. The number of carbonyl (C=O) groups is 1. The molecule has 14 heavy (non-hydrogen) atoms. The summed E-state index contributed by atoms with van der Waals surface area (Å²) < 4.78 is 5.01. The monoisotopic (exact) mass is 192 g/mol. The molecule has 2 nitrogen and oxygen atoms in total. The van der Waals surface area contributed by atoms with Crippen LogP contribution in [-0.2, 0) is 4.79 Å². The smallest absolute Gasteiger partial charge is 0.308 e. The topological polar surface area (TPSA) is 26.3 Å². The van der Waals surface area contributed by atoms with Gasteiger partial charge in [0.15, 0.2) is 0 Å². The van der Waals surface area contributed by atoms with E-state index in [1.165, 1.54) is 12.5 Å². The van der Waals surface area contributed by atoms with Crippen LogP contribution in [0, 0.1) is 0 Å². The lowest BCUT2D eigenvalue weighted by atomic mass is 9.99. The van der Waals surface area contributed by atoms with Crippen molar-refractivity contribution in [3.8, 4) is 5.75 Å². The van der Waals surface area contributed by atoms with Gasteiger partial charge in [-0.05, 0) is 30.0 Å². The van der Waals surface area contributed by atoms with Gasteiger partial charge in [-0.15, -0.1) is 0 Å². The third-order valence-corrected chi connectivity index (χ3v) is 2.30. The van der Waals surface area contributed by atoms with E-state index in [0.29, 0.717) is 11.7 Å². The summed E-state index contributed by atoms with van der Waals surface area (Å²) in [4.78, 5) is 10.7. The van der Waals surface area contributed by atoms with Crippen molar-refractivity contribution in [1.29, 1.82) is 0 Å². The van der Waals surface area contributed by atoms with Gasteiger partial charge in [-0.1, -0.05) is 26.0 Å². The van der Waals surface area contributed by atoms with Crippen molar-refractivity contribution in [3.05, 3.63) is 29.8 Å². The van der Waals surface area contributed by atoms with Gasteiger partial charge in [0.1, 0.15) is 5.75 Å². The molecule has 0 saturated carbocycles. The lowest BCUT2D eigenvalue weighted by Crippen LogP contribution is -2.02. The van der Waals surface area contributed by atoms with Gasteiger partial charge in [0.25, 0.3) is 0 Å². The average molecular weight is 192 g/mol. The highest BCUT2D eigenvalue weighted by Crippen LogP contribution is 2.22. The van der Waals surface area contributed by atoms with Crippen molar-refractivity contribution in [2.75, 3.05) is 0 Å². The first-order chi connectivity index (χ1) is 6.63. The van der Waals surface area contributed by atoms with E-state index in [1.54, 1.807) is 6.07 Å². The average Bonchev–Trinajstić information content (AvgIpc) is 2.16. The summed E-state index contributed by atoms with van der Waals surface area (Å²) in [6.07, 6.45) is 1.09. The molecule has 1 rings (SSSR count). The van der Waals surface area contributed by atoms with Crippen LogP contribution in [0.4, 0.5) is 0 Å². The van der Waals surface area contributed by atoms with Gasteiger partial charge < -0.3 is 4.74 Å². The third kappa shape index (κ3) is 2.87. The Labute approximate surface area is 84.9 Å². The molecule has 0 spiro atoms. The number of benzene rings is 1. The lowest BCUT2D eigenvalue weighted by molar-refractivity contribution is -0.131. The Morgan fingerprint density at radius 1 is 1.50 bits per heavy atom. The molecular formula is C12H16O2. The fourth-order valence-electron chi connectivity index (χ4n) is 1.29. The van der Waals surface area contributed by atoms with Gasteiger partial charge >= 0.3 is 5.97 Å². The Morgan fingerprint density at radius 3 is 2.79 bits per heavy atom. The van der Waals surface area contributed by atoms with Crippen LogP contribution >= 0.6 is 0 Å². The Hall–Kier alpha value is -1.31. The first-order valence-electron chi connectivity index (χ1n) is 4.92. The molecule has 1 aromatic rings. The van der Waals surface area contributed by atoms with Crippen LogP contribution in [0.2, 0.25) is 0 Å². The molecule has 0 N–H and O–H groups in total. The van der Waals surface area contributed by atoms with Crippen molar-refractivity contribution >= 4 is 5.97 Å². The van der Waals surface area contributed by atoms with Crippen molar-refractivity contribution < 1.29 is 9.53 Å². The predicted octanol–water partition coefficient (Wildman–Crippen LogP) is 3.13. The van der Waals surface area contributed by atoms with E-state index in [-0.39, 0.29) is 5.97 Å². The minimum Gasteiger partial charge on any atom is -0.427 e. The van der Waals surface area contributed by atoms with E-state index >= 15 is 0 Å². The van der Waals surface area contributed by atoms with Gasteiger partial charge in [-0.2, -0.15) is 0 Å². The fraction of sp³-hybridized carbons (Fsp3) is 0.417. The standard InChI is InChI=1S/C12H16O2/c1-4-9(2)11-6-5-7-12(8-11)14-10(3)13/h5-9H,4H2,1-3H3. The van der Waals surface area contributed by atoms with E-state index in [9.17, 15) is 4.79 Å². The molecule has 0 bridgehead atoms. The van der Waals surface area contributed by atoms with Gasteiger partial charge in [0.05, 0.1) is 0 Å². The van der Waals surface area contributed by atoms with Crippen LogP contribution in [0.15, 0.2) is 24.3 Å². The number of rotatable bonds is 3. The summed E-state index contributed by atoms with van der Waals surface area (Å²) in [7, 11) is 0. The van der Waals surface area contributed by atoms with Gasteiger partial charge in [0.2, 0.25) is 0 Å². The zero-order chi connectivity index (χ0) is 10.6. The molecule has 76 valence electrons. The van der Waals surface area contributed by atoms with Gasteiger partial charge in [0, 0.05) is 6.92 Å². The second-order valence-electron chi connectivity index (χ2n) is 3.48. The molecule has 0 saturated heterocycles. The summed E-state index contributed by atoms with van der Waals surface area (Å²) in [5.74, 6) is 0.868. The summed E-state index contributed by atoms with van der Waals surface area (Å²) in [5.41, 5.74) is 1.21. The largest absolute Gasteiger partial charge is 0.427 e. The van der Waals surface area contributed by atoms with Gasteiger partial charge in [-0.3, -0.25) is 4.79 Å². The van der Waals surface area contributed by atoms with Crippen molar-refractivity contribution in [2.24, 2.45) is 0 Å². The number of esters is 1. The number of hydrogen-bond donors (Lipinski definition) is 0. The molecule has 1 aromatic carbocycles. The molecule has 0 aliphatic rings. The first-order valence-corrected chi connectivity index (χ1v) is 4.92. The molecular weight excluding hydrogens is 176 g/mol. The zero-order valence-corrected chi connectivity index (χ0v) is 8.91. The molecule has 1 unspecified atom stereocenters. The quantitative estimate of drug-likeness (QED) is 0.543. The molecule has 0 aromatic heterocycles. The minimum absolute atomic E-state index is 0.272. The normalized spacial score (nSPS) is 12.2. The molecule has 1 atom stereocenters. The Morgan fingerprint density at radius 2 is 2.21 bits per heavy atom. The second-order valence-corrected chi connectivity index (χ2v) is 3.48. The molecule has 0 radical (unpaired) electrons. The highest BCUT2D eigenvalue weighted by molar-refractivity contribution is 5.69. The highest BCUT2D eigenvalue weighted by atomic mass is 16.5. The van der Waals surface area contributed by atoms with E-state index in [0.717, 1.165) is 6.42 Å². The first kappa shape index (κ1) is 10.8. The molecule has 0 aliphatic carbocycles. The van der Waals surface area contributed by atoms with Crippen molar-refractivity contribution in [2.45, 2.75) is 33.1 Å². The molecule has 2 heteroatoms. The summed E-state index contributed by atoms with van der Waals surface area (Å²) >= 11 is 0. The maximum Gasteiger partial charge on any atom is 0.308 e. The Kier molecular flexibility index (Phi) is 3.69. The zero-order valence-electron chi connectivity index (χ0n) is 8.91. The third-order valence-electron chi connectivity index (χ3n) is 2.30. The highest BCUT2D eigenvalue weighted by Gasteiger charge is 2.04. The molecule has 0 aliphatic heterocycles. The summed E-state index contributed by atoms with van der Waals surface area (Å²) in [6.45, 7) is 5.71. The van der Waals surface area contributed by atoms with Crippen LogP contribution in [0.5, 0.6) is 5.75 Å². The van der Waals surface area contributed by atoms with Crippen LogP contribution in [0.1, 0.15) is 38.7 Å². The second kappa shape index (κ2) is 4.80. The van der Waals surface area contributed by atoms with Crippen LogP contribution in [0.25, 0.3) is 0 Å². The number of hydrogen-bond acceptors (Lipinski definition) is 2. The Bertz CT molecular complexity index is 318. The predicted molar refractivity (Wildman–Crippen MR) is 56.5 cm³/mol. The van der Waals surface area contributed by atoms with Crippen LogP contribution in [-0.4, -0.2) is 5.97 Å². The Balaban J connectivity index is 2.83. The summed E-state index contributed by atoms with van der Waals surface area (Å²) in [6, 6.07) is 7.70.